The Morgan fingerprint density at radius 2 is 1.72 bits per heavy atom. The van der Waals surface area contributed by atoms with Crippen LogP contribution in [0.2, 0.25) is 0 Å². The molecule has 32 heavy (non-hydrogen) atoms. The number of fused-ring (bicyclic) bond motifs is 1. The third-order valence-electron chi connectivity index (χ3n) is 5.66. The average molecular weight is 436 g/mol. The van der Waals surface area contributed by atoms with E-state index < -0.39 is 23.1 Å². The van der Waals surface area contributed by atoms with Gasteiger partial charge in [-0.2, -0.15) is 0 Å². The van der Waals surface area contributed by atoms with Crippen LogP contribution >= 0.6 is 0 Å². The first kappa shape index (κ1) is 21.6. The lowest BCUT2D eigenvalue weighted by molar-refractivity contribution is 0.0971. The van der Waals surface area contributed by atoms with E-state index in [1.165, 1.54) is 10.6 Å². The lowest BCUT2D eigenvalue weighted by Crippen LogP contribution is -2.33. The molecule has 164 valence electrons. The van der Waals surface area contributed by atoms with Gasteiger partial charge in [-0.05, 0) is 54.7 Å². The molecule has 1 amide bonds. The molecule has 1 heterocycles. The summed E-state index contributed by atoms with van der Waals surface area (Å²) in [6.45, 7) is 4.11. The molecule has 3 aromatic rings. The number of halogens is 2. The minimum atomic E-state index is -0.909. The molecule has 1 aliphatic carbocycles. The first-order chi connectivity index (χ1) is 15.3. The number of hydrogen-bond acceptors (Lipinski definition) is 3. The van der Waals surface area contributed by atoms with Gasteiger partial charge >= 0.3 is 0 Å². The number of pyridine rings is 1. The summed E-state index contributed by atoms with van der Waals surface area (Å²) in [6, 6.07) is 11.3. The number of Topliss-reactive ketones (excluding diaryl/α,β-unsaturated/α-hetero) is 1. The van der Waals surface area contributed by atoms with Crippen LogP contribution in [0, 0.1) is 11.6 Å². The van der Waals surface area contributed by atoms with Gasteiger partial charge in [-0.1, -0.05) is 26.0 Å². The van der Waals surface area contributed by atoms with Crippen molar-refractivity contribution in [1.29, 1.82) is 0 Å². The van der Waals surface area contributed by atoms with E-state index in [0.29, 0.717) is 42.1 Å². The maximum Gasteiger partial charge on any atom is 0.268 e. The molecule has 2 aromatic carbocycles. The van der Waals surface area contributed by atoms with Gasteiger partial charge in [-0.25, -0.2) is 8.78 Å². The number of rotatable bonds is 4. The average Bonchev–Trinajstić information content (AvgIpc) is 2.76. The summed E-state index contributed by atoms with van der Waals surface area (Å²) in [4.78, 5) is 38.9. The van der Waals surface area contributed by atoms with Gasteiger partial charge in [-0.3, -0.25) is 19.0 Å². The Bertz CT molecular complexity index is 1280. The van der Waals surface area contributed by atoms with Crippen molar-refractivity contribution in [2.75, 3.05) is 5.32 Å². The maximum absolute atomic E-state index is 14.0. The molecule has 1 aliphatic rings. The van der Waals surface area contributed by atoms with Crippen LogP contribution in [-0.4, -0.2) is 16.3 Å². The van der Waals surface area contributed by atoms with Crippen molar-refractivity contribution < 1.29 is 18.4 Å². The summed E-state index contributed by atoms with van der Waals surface area (Å²) in [5.74, 6) is -2.34. The Balaban J connectivity index is 1.85. The maximum atomic E-state index is 14.0. The highest BCUT2D eigenvalue weighted by molar-refractivity contribution is 6.06. The molecule has 0 radical (unpaired) electrons. The SMILES string of the molecule is CC(C)c1ccc(-n2c3c(cc(C(=O)Nc4cc(F)ccc4F)c2=O)C(=O)CCC3)cc1. The molecule has 0 saturated heterocycles. The van der Waals surface area contributed by atoms with Crippen LogP contribution in [-0.2, 0) is 6.42 Å². The summed E-state index contributed by atoms with van der Waals surface area (Å²) in [6.07, 6.45) is 1.44. The van der Waals surface area contributed by atoms with Crippen LogP contribution in [0.5, 0.6) is 0 Å². The molecule has 7 heteroatoms. The topological polar surface area (TPSA) is 68.2 Å². The number of benzene rings is 2. The Morgan fingerprint density at radius 3 is 2.41 bits per heavy atom. The molecule has 4 rings (SSSR count). The Kier molecular flexibility index (Phi) is 5.74. The van der Waals surface area contributed by atoms with E-state index in [4.69, 9.17) is 0 Å². The van der Waals surface area contributed by atoms with Gasteiger partial charge in [0.05, 0.1) is 5.69 Å². The predicted octanol–water partition coefficient (Wildman–Crippen LogP) is 5.01. The summed E-state index contributed by atoms with van der Waals surface area (Å²) in [5, 5.41) is 2.25. The second-order valence-corrected chi connectivity index (χ2v) is 8.16. The molecule has 0 unspecified atom stereocenters. The van der Waals surface area contributed by atoms with Crippen LogP contribution in [0.4, 0.5) is 14.5 Å². The summed E-state index contributed by atoms with van der Waals surface area (Å²) in [7, 11) is 0. The fraction of sp³-hybridized carbons (Fsp3) is 0.240. The van der Waals surface area contributed by atoms with Crippen LogP contribution in [0.3, 0.4) is 0 Å². The van der Waals surface area contributed by atoms with Crippen molar-refractivity contribution >= 4 is 17.4 Å². The first-order valence-electron chi connectivity index (χ1n) is 10.4. The number of nitrogens with zero attached hydrogens (tertiary/aromatic N) is 1. The monoisotopic (exact) mass is 436 g/mol. The minimum Gasteiger partial charge on any atom is -0.319 e. The van der Waals surface area contributed by atoms with E-state index in [1.807, 2.05) is 12.1 Å². The summed E-state index contributed by atoms with van der Waals surface area (Å²) >= 11 is 0. The quantitative estimate of drug-likeness (QED) is 0.625. The van der Waals surface area contributed by atoms with E-state index in [9.17, 15) is 23.2 Å². The molecule has 0 aliphatic heterocycles. The van der Waals surface area contributed by atoms with E-state index >= 15 is 0 Å². The molecular weight excluding hydrogens is 414 g/mol. The van der Waals surface area contributed by atoms with Crippen LogP contribution in [0.15, 0.2) is 53.3 Å². The first-order valence-corrected chi connectivity index (χ1v) is 10.4. The number of aromatic nitrogens is 1. The van der Waals surface area contributed by atoms with Crippen molar-refractivity contribution in [3.63, 3.8) is 0 Å². The number of hydrogen-bond donors (Lipinski definition) is 1. The van der Waals surface area contributed by atoms with Gasteiger partial charge in [0.25, 0.3) is 11.5 Å². The molecule has 0 fully saturated rings. The van der Waals surface area contributed by atoms with E-state index in [2.05, 4.69) is 19.2 Å². The van der Waals surface area contributed by atoms with Crippen LogP contribution in [0.1, 0.15) is 64.6 Å². The third-order valence-corrected chi connectivity index (χ3v) is 5.66. The van der Waals surface area contributed by atoms with Gasteiger partial charge in [0.1, 0.15) is 17.2 Å². The molecule has 1 aromatic heterocycles. The third kappa shape index (κ3) is 3.98. The number of carbonyl (C=O) groups excluding carboxylic acids is 2. The Hall–Kier alpha value is -3.61. The molecule has 0 spiro atoms. The second-order valence-electron chi connectivity index (χ2n) is 8.16. The van der Waals surface area contributed by atoms with E-state index in [0.717, 1.165) is 23.8 Å². The molecule has 0 saturated carbocycles. The molecule has 5 nitrogen and oxygen atoms in total. The van der Waals surface area contributed by atoms with Crippen LogP contribution in [0.25, 0.3) is 5.69 Å². The molecule has 0 atom stereocenters. The highest BCUT2D eigenvalue weighted by Crippen LogP contribution is 2.25. The van der Waals surface area contributed by atoms with Gasteiger partial charge in [0, 0.05) is 29.4 Å². The second kappa shape index (κ2) is 8.49. The summed E-state index contributed by atoms with van der Waals surface area (Å²) < 4.78 is 28.9. The smallest absolute Gasteiger partial charge is 0.268 e. The predicted molar refractivity (Wildman–Crippen MR) is 118 cm³/mol. The van der Waals surface area contributed by atoms with E-state index in [-0.39, 0.29) is 17.0 Å². The van der Waals surface area contributed by atoms with Crippen molar-refractivity contribution in [2.24, 2.45) is 0 Å². The number of carbonyl (C=O) groups is 2. The van der Waals surface area contributed by atoms with Crippen molar-refractivity contribution in [2.45, 2.75) is 39.0 Å². The summed E-state index contributed by atoms with van der Waals surface area (Å²) in [5.41, 5.74) is 1.16. The Morgan fingerprint density at radius 1 is 1.00 bits per heavy atom. The van der Waals surface area contributed by atoms with Gasteiger partial charge in [-0.15, -0.1) is 0 Å². The molecular formula is C25H22F2N2O3. The minimum absolute atomic E-state index is 0.162. The normalized spacial score (nSPS) is 13.2. The number of nitrogens with one attached hydrogen (secondary N) is 1. The molecule has 0 bridgehead atoms. The Labute approximate surface area is 183 Å². The standard InChI is InChI=1S/C25H22F2N2O3/c1-14(2)15-6-9-17(10-7-15)29-22-4-3-5-23(30)18(22)13-19(25(29)32)24(31)28-21-12-16(26)8-11-20(21)27/h6-14H,3-5H2,1-2H3,(H,28,31). The lowest BCUT2D eigenvalue weighted by Gasteiger charge is -2.22. The lowest BCUT2D eigenvalue weighted by atomic mass is 9.92. The number of anilines is 1. The number of ketones is 1. The zero-order valence-electron chi connectivity index (χ0n) is 17.7. The van der Waals surface area contributed by atoms with Gasteiger partial charge < -0.3 is 5.32 Å². The van der Waals surface area contributed by atoms with Crippen molar-refractivity contribution in [3.8, 4) is 5.69 Å². The largest absolute Gasteiger partial charge is 0.319 e. The van der Waals surface area contributed by atoms with Crippen molar-refractivity contribution in [1.82, 2.24) is 4.57 Å². The zero-order chi connectivity index (χ0) is 23.0. The zero-order valence-corrected chi connectivity index (χ0v) is 17.7. The highest BCUT2D eigenvalue weighted by Gasteiger charge is 2.26. The van der Waals surface area contributed by atoms with E-state index in [1.54, 1.807) is 12.1 Å². The number of amides is 1. The highest BCUT2D eigenvalue weighted by atomic mass is 19.1. The van der Waals surface area contributed by atoms with Gasteiger partial charge in [0.15, 0.2) is 5.78 Å². The fourth-order valence-electron chi connectivity index (χ4n) is 3.92. The van der Waals surface area contributed by atoms with Crippen LogP contribution < -0.4 is 10.9 Å². The van der Waals surface area contributed by atoms with Gasteiger partial charge in [0.2, 0.25) is 0 Å². The molecule has 1 N–H and O–H groups in total. The fourth-order valence-corrected chi connectivity index (χ4v) is 3.92. The van der Waals surface area contributed by atoms with Crippen molar-refractivity contribution in [3.05, 3.63) is 92.9 Å².